The second kappa shape index (κ2) is 12.1. The van der Waals surface area contributed by atoms with Crippen LogP contribution >= 0.6 is 15.9 Å². The third-order valence-electron chi connectivity index (χ3n) is 6.30. The van der Waals surface area contributed by atoms with Gasteiger partial charge in [0.15, 0.2) is 5.78 Å². The lowest BCUT2D eigenvalue weighted by Gasteiger charge is -2.29. The number of Topliss-reactive ketones (excluding diaryl/α,β-unsaturated/α-hetero) is 1. The van der Waals surface area contributed by atoms with Crippen molar-refractivity contribution in [2.75, 3.05) is 33.3 Å². The molecule has 2 atom stereocenters. The third kappa shape index (κ3) is 8.51. The highest BCUT2D eigenvalue weighted by Gasteiger charge is 2.85. The lowest BCUT2D eigenvalue weighted by molar-refractivity contribution is -0.152. The van der Waals surface area contributed by atoms with E-state index in [0.29, 0.717) is 26.1 Å². The van der Waals surface area contributed by atoms with Crippen LogP contribution in [0.4, 0.5) is 22.4 Å². The van der Waals surface area contributed by atoms with Gasteiger partial charge in [-0.15, -0.1) is 0 Å². The van der Waals surface area contributed by atoms with Crippen molar-refractivity contribution in [3.05, 3.63) is 11.6 Å². The van der Waals surface area contributed by atoms with Crippen LogP contribution < -0.4 is 5.32 Å². The van der Waals surface area contributed by atoms with E-state index in [1.54, 1.807) is 37.5 Å². The summed E-state index contributed by atoms with van der Waals surface area (Å²) in [5.41, 5.74) is -1.17. The average molecular weight is 620 g/mol. The molecular formula is C24H39BrF4N2O5Si. The number of carbonyl (C=O) groups is 3. The Bertz CT molecular complexity index is 872. The number of rotatable bonds is 3. The first-order valence-corrected chi connectivity index (χ1v) is 16.3. The molecule has 37 heavy (non-hydrogen) atoms. The van der Waals surface area contributed by atoms with Crippen LogP contribution in [0.15, 0.2) is 11.6 Å². The molecule has 3 aliphatic rings. The molecule has 214 valence electrons. The molecule has 1 saturated heterocycles. The fourth-order valence-electron chi connectivity index (χ4n) is 3.75. The number of fused-ring (bicyclic) bond motifs is 1. The normalized spacial score (nSPS) is 24.6. The zero-order valence-corrected chi connectivity index (χ0v) is 25.4. The zero-order valence-electron chi connectivity index (χ0n) is 22.8. The fraction of sp³-hybridized carbons (Fsp3) is 0.792. The summed E-state index contributed by atoms with van der Waals surface area (Å²) in [4.78, 5) is 35.6. The number of amides is 1. The minimum Gasteiger partial charge on any atom is -0.468 e. The van der Waals surface area contributed by atoms with E-state index in [-0.39, 0.29) is 24.8 Å². The molecule has 2 fully saturated rings. The van der Waals surface area contributed by atoms with Crippen LogP contribution in [0.25, 0.3) is 0 Å². The van der Waals surface area contributed by atoms with Gasteiger partial charge >= 0.3 is 12.1 Å². The number of hydrogen-bond acceptors (Lipinski definition) is 6. The van der Waals surface area contributed by atoms with E-state index in [9.17, 15) is 31.9 Å². The van der Waals surface area contributed by atoms with Gasteiger partial charge < -0.3 is 19.7 Å². The van der Waals surface area contributed by atoms with Crippen molar-refractivity contribution < 1.29 is 41.4 Å². The number of esters is 1. The van der Waals surface area contributed by atoms with Gasteiger partial charge in [0.1, 0.15) is 19.1 Å². The molecule has 2 aliphatic heterocycles. The van der Waals surface area contributed by atoms with Gasteiger partial charge in [0.05, 0.1) is 13.0 Å². The smallest absolute Gasteiger partial charge is 0.410 e. The molecule has 1 saturated carbocycles. The quantitative estimate of drug-likeness (QED) is 0.197. The lowest BCUT2D eigenvalue weighted by Crippen LogP contribution is -2.39. The van der Waals surface area contributed by atoms with Crippen LogP contribution in [-0.4, -0.2) is 80.1 Å². The number of alkyl halides is 5. The Balaban J connectivity index is 0.000000294. The van der Waals surface area contributed by atoms with Gasteiger partial charge in [-0.2, -0.15) is 8.78 Å². The van der Waals surface area contributed by atoms with Crippen molar-refractivity contribution in [3.63, 3.8) is 0 Å². The number of methoxy groups -OCH3 is 1. The molecule has 0 aromatic heterocycles. The molecule has 13 heteroatoms. The van der Waals surface area contributed by atoms with E-state index in [4.69, 9.17) is 4.74 Å². The summed E-state index contributed by atoms with van der Waals surface area (Å²) in [7, 11) is -1.12. The first kappa shape index (κ1) is 33.6. The van der Waals surface area contributed by atoms with E-state index < -0.39 is 41.4 Å². The van der Waals surface area contributed by atoms with E-state index in [0.717, 1.165) is 12.7 Å². The molecular weight excluding hydrogens is 580 g/mol. The SMILES string of the molecule is CC(=O)C1=CCN(C(=O)OC(C)(C)C)CC1.COC(=O)C12CCNCC1C2(F)F.C[Si](C)(C)C(F)(F)Br. The summed E-state index contributed by atoms with van der Waals surface area (Å²) in [6.07, 6.45) is 2.29. The summed E-state index contributed by atoms with van der Waals surface area (Å²) >= 11 is 2.33. The predicted molar refractivity (Wildman–Crippen MR) is 139 cm³/mol. The topological polar surface area (TPSA) is 84.9 Å². The number of nitrogens with one attached hydrogen (secondary N) is 1. The number of ketones is 1. The van der Waals surface area contributed by atoms with Gasteiger partial charge in [0.2, 0.25) is 0 Å². The van der Waals surface area contributed by atoms with Crippen LogP contribution in [0.1, 0.15) is 40.5 Å². The molecule has 2 heterocycles. The Morgan fingerprint density at radius 2 is 1.73 bits per heavy atom. The van der Waals surface area contributed by atoms with Gasteiger partial charge in [-0.3, -0.25) is 9.59 Å². The van der Waals surface area contributed by atoms with E-state index in [1.165, 1.54) is 0 Å². The molecule has 1 amide bonds. The van der Waals surface area contributed by atoms with Crippen molar-refractivity contribution >= 4 is 41.8 Å². The molecule has 1 N–H and O–H groups in total. The maximum atomic E-state index is 13.3. The molecule has 0 aromatic carbocycles. The van der Waals surface area contributed by atoms with Gasteiger partial charge in [-0.05, 0) is 68.6 Å². The fourth-order valence-corrected chi connectivity index (χ4v) is 3.75. The zero-order chi connectivity index (χ0) is 29.0. The van der Waals surface area contributed by atoms with E-state index >= 15 is 0 Å². The van der Waals surface area contributed by atoms with E-state index in [1.807, 2.05) is 20.8 Å². The van der Waals surface area contributed by atoms with Crippen LogP contribution in [0.3, 0.4) is 0 Å². The Kier molecular flexibility index (Phi) is 11.0. The molecule has 0 radical (unpaired) electrons. The summed E-state index contributed by atoms with van der Waals surface area (Å²) in [5.74, 6) is -4.40. The van der Waals surface area contributed by atoms with Crippen LogP contribution in [0.2, 0.25) is 19.6 Å². The minimum absolute atomic E-state index is 0.0869. The minimum atomic E-state index is -2.87. The largest absolute Gasteiger partial charge is 0.468 e. The van der Waals surface area contributed by atoms with Crippen molar-refractivity contribution in [2.24, 2.45) is 11.3 Å². The molecule has 0 bridgehead atoms. The van der Waals surface area contributed by atoms with E-state index in [2.05, 4.69) is 26.0 Å². The summed E-state index contributed by atoms with van der Waals surface area (Å²) in [5, 5.41) is 2.85. The summed E-state index contributed by atoms with van der Waals surface area (Å²) < 4.78 is 58.0. The van der Waals surface area contributed by atoms with Gasteiger partial charge in [0, 0.05) is 19.6 Å². The molecule has 1 aliphatic carbocycles. The second-order valence-electron chi connectivity index (χ2n) is 11.3. The predicted octanol–water partition coefficient (Wildman–Crippen LogP) is 5.40. The third-order valence-corrected chi connectivity index (χ3v) is 11.6. The Morgan fingerprint density at radius 3 is 2.08 bits per heavy atom. The molecule has 7 nitrogen and oxygen atoms in total. The van der Waals surface area contributed by atoms with Crippen molar-refractivity contribution in [1.82, 2.24) is 10.2 Å². The highest BCUT2D eigenvalue weighted by molar-refractivity contribution is 9.10. The van der Waals surface area contributed by atoms with Crippen molar-refractivity contribution in [1.29, 1.82) is 0 Å². The Morgan fingerprint density at radius 1 is 1.19 bits per heavy atom. The molecule has 0 spiro atoms. The van der Waals surface area contributed by atoms with Crippen LogP contribution in [0, 0.1) is 11.3 Å². The maximum absolute atomic E-state index is 13.3. The Labute approximate surface area is 225 Å². The second-order valence-corrected chi connectivity index (χ2v) is 18.2. The highest BCUT2D eigenvalue weighted by Crippen LogP contribution is 2.69. The van der Waals surface area contributed by atoms with Crippen molar-refractivity contribution in [2.45, 2.75) is 76.2 Å². The van der Waals surface area contributed by atoms with Gasteiger partial charge in [0.25, 0.3) is 10.4 Å². The number of hydrogen-bond donors (Lipinski definition) is 1. The lowest BCUT2D eigenvalue weighted by atomic mass is 9.96. The van der Waals surface area contributed by atoms with Crippen LogP contribution in [0.5, 0.6) is 0 Å². The molecule has 3 rings (SSSR count). The van der Waals surface area contributed by atoms with Gasteiger partial charge in [-0.25, -0.2) is 13.6 Å². The first-order chi connectivity index (χ1) is 16.6. The van der Waals surface area contributed by atoms with Crippen molar-refractivity contribution in [3.8, 4) is 0 Å². The highest BCUT2D eigenvalue weighted by atomic mass is 79.9. The monoisotopic (exact) mass is 618 g/mol. The number of piperidine rings is 1. The first-order valence-electron chi connectivity index (χ1n) is 12.0. The molecule has 2 unspecified atom stereocenters. The van der Waals surface area contributed by atoms with Gasteiger partial charge in [-0.1, -0.05) is 25.7 Å². The summed E-state index contributed by atoms with van der Waals surface area (Å²) in [6, 6.07) is 0. The summed E-state index contributed by atoms with van der Waals surface area (Å²) in [6.45, 7) is 13.6. The Hall–Kier alpha value is -1.47. The average Bonchev–Trinajstić information content (AvgIpc) is 3.28. The number of nitrogens with zero attached hydrogens (tertiary/aromatic N) is 1. The number of ether oxygens (including phenoxy) is 2. The number of carbonyl (C=O) groups excluding carboxylic acids is 3. The standard InChI is InChI=1S/C12H19NO3.C8H11F2NO2.C4H9BrF2Si/c1-9(14)10-5-7-13(8-6-10)11(15)16-12(2,3)4;1-13-6(12)7-2-3-11-4-5(7)8(7,9)10;1-8(2,3)4(5,6)7/h5H,6-8H2,1-4H3;5,11H,2-4H2,1H3;1-3H3. The maximum Gasteiger partial charge on any atom is 0.410 e. The molecule has 0 aromatic rings. The number of halogens is 5. The van der Waals surface area contributed by atoms with Crippen LogP contribution in [-0.2, 0) is 19.1 Å².